The molecule has 6 nitrogen and oxygen atoms in total. The normalized spacial score (nSPS) is 16.0. The molecule has 0 radical (unpaired) electrons. The Kier molecular flexibility index (Phi) is 4.95. The summed E-state index contributed by atoms with van der Waals surface area (Å²) in [7, 11) is 0. The number of hydrogen-bond acceptors (Lipinski definition) is 6. The van der Waals surface area contributed by atoms with E-state index in [1.54, 1.807) is 6.92 Å². The molecule has 8 heteroatoms. The summed E-state index contributed by atoms with van der Waals surface area (Å²) in [5, 5.41) is 23.6. The predicted molar refractivity (Wildman–Crippen MR) is 111 cm³/mol. The Morgan fingerprint density at radius 3 is 2.80 bits per heavy atom. The van der Waals surface area contributed by atoms with Gasteiger partial charge in [0, 0.05) is 11.3 Å². The number of nitrogens with zero attached hydrogens (tertiary/aromatic N) is 1. The van der Waals surface area contributed by atoms with E-state index in [1.165, 1.54) is 24.3 Å². The van der Waals surface area contributed by atoms with E-state index in [0.29, 0.717) is 22.8 Å². The second-order valence-electron chi connectivity index (χ2n) is 7.15. The molecule has 0 bridgehead atoms. The molecule has 1 aliphatic heterocycles. The molecule has 5 N–H and O–H groups in total. The highest BCUT2D eigenvalue weighted by Gasteiger charge is 2.28. The van der Waals surface area contributed by atoms with Crippen molar-refractivity contribution in [3.8, 4) is 22.9 Å². The van der Waals surface area contributed by atoms with Crippen LogP contribution in [0.2, 0.25) is 0 Å². The third-order valence-corrected chi connectivity index (χ3v) is 5.22. The number of aliphatic hydroxyl groups excluding tert-OH is 1. The van der Waals surface area contributed by atoms with E-state index in [4.69, 9.17) is 10.5 Å². The molecule has 2 heterocycles. The van der Waals surface area contributed by atoms with E-state index in [2.05, 4.69) is 16.9 Å². The lowest BCUT2D eigenvalue weighted by molar-refractivity contribution is 0.195. The first-order valence-corrected chi connectivity index (χ1v) is 9.48. The third-order valence-electron chi connectivity index (χ3n) is 5.22. The molecule has 4 rings (SSSR count). The Hall–Kier alpha value is -3.39. The van der Waals surface area contributed by atoms with Crippen LogP contribution in [0.5, 0.6) is 11.6 Å². The quantitative estimate of drug-likeness (QED) is 0.526. The van der Waals surface area contributed by atoms with Crippen molar-refractivity contribution in [2.45, 2.75) is 19.4 Å². The van der Waals surface area contributed by atoms with E-state index < -0.39 is 17.7 Å². The molecule has 0 spiro atoms. The summed E-state index contributed by atoms with van der Waals surface area (Å²) in [6, 6.07) is 5.19. The molecule has 0 fully saturated rings. The highest BCUT2D eigenvalue weighted by atomic mass is 19.1. The first-order valence-electron chi connectivity index (χ1n) is 9.48. The lowest BCUT2D eigenvalue weighted by Crippen LogP contribution is -2.34. The molecular weight excluding hydrogens is 392 g/mol. The smallest absolute Gasteiger partial charge is 0.225 e. The van der Waals surface area contributed by atoms with Gasteiger partial charge in [0.2, 0.25) is 5.88 Å². The lowest BCUT2D eigenvalue weighted by atomic mass is 9.94. The number of phenols is 1. The number of aliphatic hydroxyl groups is 1. The largest absolute Gasteiger partial charge is 0.508 e. The van der Waals surface area contributed by atoms with Crippen molar-refractivity contribution in [2.24, 2.45) is 0 Å². The van der Waals surface area contributed by atoms with E-state index >= 15 is 4.39 Å². The fraction of sp³-hybridized carbons (Fsp3) is 0.227. The number of nitrogens with two attached hydrogens (primary N) is 1. The van der Waals surface area contributed by atoms with Gasteiger partial charge in [-0.05, 0) is 41.0 Å². The Morgan fingerprint density at radius 2 is 2.10 bits per heavy atom. The number of rotatable bonds is 3. The number of anilines is 1. The fourth-order valence-electron chi connectivity index (χ4n) is 3.80. The highest BCUT2D eigenvalue weighted by Crippen LogP contribution is 2.41. The SMILES string of the molecule is C=C1NC(CO)COc2nc(-c3cc(O)cc4ccc(F)c(CC)c34)c(F)c(N)c21. The Bertz CT molecular complexity index is 1180. The number of hydrogen-bond donors (Lipinski definition) is 4. The van der Waals surface area contributed by atoms with Gasteiger partial charge in [-0.15, -0.1) is 0 Å². The van der Waals surface area contributed by atoms with Crippen molar-refractivity contribution >= 4 is 22.2 Å². The van der Waals surface area contributed by atoms with E-state index in [0.717, 1.165) is 0 Å². The molecular formula is C22H21F2N3O3. The van der Waals surface area contributed by atoms with Crippen LogP contribution in [-0.2, 0) is 6.42 Å². The van der Waals surface area contributed by atoms with Crippen LogP contribution >= 0.6 is 0 Å². The Labute approximate surface area is 171 Å². The average Bonchev–Trinajstić information content (AvgIpc) is 2.88. The van der Waals surface area contributed by atoms with Gasteiger partial charge in [-0.1, -0.05) is 19.6 Å². The van der Waals surface area contributed by atoms with Gasteiger partial charge in [-0.2, -0.15) is 0 Å². The number of benzene rings is 2. The number of phenolic OH excluding ortho intramolecular Hbond substituents is 1. The monoisotopic (exact) mass is 413 g/mol. The molecule has 30 heavy (non-hydrogen) atoms. The molecule has 0 amide bonds. The van der Waals surface area contributed by atoms with Gasteiger partial charge in [0.15, 0.2) is 5.82 Å². The topological polar surface area (TPSA) is 101 Å². The zero-order valence-corrected chi connectivity index (χ0v) is 16.3. The second-order valence-corrected chi connectivity index (χ2v) is 7.15. The molecule has 1 aromatic heterocycles. The number of pyridine rings is 1. The summed E-state index contributed by atoms with van der Waals surface area (Å²) in [4.78, 5) is 4.33. The summed E-state index contributed by atoms with van der Waals surface area (Å²) in [6.45, 7) is 5.47. The first kappa shape index (κ1) is 19.9. The Balaban J connectivity index is 2.03. The number of aryl methyl sites for hydroxylation is 1. The summed E-state index contributed by atoms with van der Waals surface area (Å²) in [5.41, 5.74) is 6.70. The summed E-state index contributed by atoms with van der Waals surface area (Å²) in [5.74, 6) is -1.34. The molecule has 1 atom stereocenters. The number of fused-ring (bicyclic) bond motifs is 2. The maximum Gasteiger partial charge on any atom is 0.225 e. The van der Waals surface area contributed by atoms with Gasteiger partial charge in [-0.3, -0.25) is 0 Å². The molecule has 0 saturated heterocycles. The van der Waals surface area contributed by atoms with Crippen LogP contribution in [-0.4, -0.2) is 34.5 Å². The maximum atomic E-state index is 15.4. The number of nitrogen functional groups attached to an aromatic ring is 1. The lowest BCUT2D eigenvalue weighted by Gasteiger charge is -2.17. The van der Waals surface area contributed by atoms with Crippen LogP contribution in [0.15, 0.2) is 30.8 Å². The molecule has 3 aromatic rings. The maximum absolute atomic E-state index is 15.4. The number of nitrogens with one attached hydrogen (secondary N) is 1. The second kappa shape index (κ2) is 7.46. The van der Waals surface area contributed by atoms with Crippen LogP contribution in [0.4, 0.5) is 14.5 Å². The van der Waals surface area contributed by atoms with E-state index in [1.807, 2.05) is 0 Å². The van der Waals surface area contributed by atoms with E-state index in [-0.39, 0.29) is 53.0 Å². The van der Waals surface area contributed by atoms with Crippen LogP contribution in [0.25, 0.3) is 27.7 Å². The number of ether oxygens (including phenoxy) is 1. The van der Waals surface area contributed by atoms with Crippen LogP contribution in [0.3, 0.4) is 0 Å². The summed E-state index contributed by atoms with van der Waals surface area (Å²) >= 11 is 0. The minimum absolute atomic E-state index is 0.0447. The molecule has 156 valence electrons. The van der Waals surface area contributed by atoms with Crippen molar-refractivity contribution in [3.05, 3.63) is 53.6 Å². The van der Waals surface area contributed by atoms with Gasteiger partial charge in [-0.25, -0.2) is 13.8 Å². The zero-order chi connectivity index (χ0) is 21.6. The highest BCUT2D eigenvalue weighted by molar-refractivity contribution is 6.00. The van der Waals surface area contributed by atoms with Crippen molar-refractivity contribution in [1.82, 2.24) is 10.3 Å². The van der Waals surface area contributed by atoms with Gasteiger partial charge < -0.3 is 26.0 Å². The van der Waals surface area contributed by atoms with Gasteiger partial charge in [0.25, 0.3) is 0 Å². The van der Waals surface area contributed by atoms with Crippen LogP contribution in [0.1, 0.15) is 18.1 Å². The first-order chi connectivity index (χ1) is 14.3. The molecule has 1 unspecified atom stereocenters. The minimum Gasteiger partial charge on any atom is -0.508 e. The summed E-state index contributed by atoms with van der Waals surface area (Å²) in [6.07, 6.45) is 0.360. The van der Waals surface area contributed by atoms with Crippen molar-refractivity contribution in [1.29, 1.82) is 0 Å². The standard InChI is InChI=1S/C22H21F2N3O3/c1-3-14-16(23)5-4-11-6-13(29)7-15(18(11)14)21-19(24)20(25)17-10(2)26-12(8-28)9-30-22(17)27-21/h4-7,12,26,28-29H,2-3,8-9H2,1H3,(H2,25,27). The Morgan fingerprint density at radius 1 is 1.33 bits per heavy atom. The molecule has 0 saturated carbocycles. The molecule has 1 aliphatic rings. The van der Waals surface area contributed by atoms with Crippen molar-refractivity contribution in [2.75, 3.05) is 18.9 Å². The molecule has 2 aromatic carbocycles. The number of aromatic nitrogens is 1. The van der Waals surface area contributed by atoms with Crippen LogP contribution < -0.4 is 15.8 Å². The molecule has 0 aliphatic carbocycles. The van der Waals surface area contributed by atoms with E-state index in [9.17, 15) is 14.6 Å². The number of halogens is 2. The average molecular weight is 413 g/mol. The third kappa shape index (κ3) is 3.09. The predicted octanol–water partition coefficient (Wildman–Crippen LogP) is 3.34. The zero-order valence-electron chi connectivity index (χ0n) is 16.3. The minimum atomic E-state index is -0.832. The number of aromatic hydroxyl groups is 1. The van der Waals surface area contributed by atoms with Crippen molar-refractivity contribution < 1.29 is 23.7 Å². The fourth-order valence-corrected chi connectivity index (χ4v) is 3.80. The van der Waals surface area contributed by atoms with Crippen molar-refractivity contribution in [3.63, 3.8) is 0 Å². The summed E-state index contributed by atoms with van der Waals surface area (Å²) < 4.78 is 35.6. The van der Waals surface area contributed by atoms with Gasteiger partial charge in [0.05, 0.1) is 23.9 Å². The van der Waals surface area contributed by atoms with Gasteiger partial charge >= 0.3 is 0 Å². The van der Waals surface area contributed by atoms with Gasteiger partial charge in [0.1, 0.15) is 23.9 Å². The van der Waals surface area contributed by atoms with Crippen LogP contribution in [0, 0.1) is 11.6 Å².